The van der Waals surface area contributed by atoms with Crippen LogP contribution in [0.4, 0.5) is 0 Å². The fourth-order valence-corrected chi connectivity index (χ4v) is 2.80. The van der Waals surface area contributed by atoms with Gasteiger partial charge in [0.15, 0.2) is 0 Å². The number of amides is 1. The zero-order valence-corrected chi connectivity index (χ0v) is 13.4. The summed E-state index contributed by atoms with van der Waals surface area (Å²) in [5, 5.41) is 3.56. The second-order valence-corrected chi connectivity index (χ2v) is 6.01. The number of nitrogens with zero attached hydrogens (tertiary/aromatic N) is 2. The molecule has 1 aromatic heterocycles. The molecule has 1 unspecified atom stereocenters. The molecule has 1 amide bonds. The molecular weight excluding hydrogens is 342 g/mol. The number of imidazole rings is 1. The molecule has 20 heavy (non-hydrogen) atoms. The Hall–Kier alpha value is -1.33. The number of halogens is 2. The van der Waals surface area contributed by atoms with Crippen LogP contribution in [0.5, 0.6) is 0 Å². The molecule has 1 atom stereocenters. The van der Waals surface area contributed by atoms with Crippen molar-refractivity contribution in [2.75, 3.05) is 0 Å². The van der Waals surface area contributed by atoms with Crippen LogP contribution in [0, 0.1) is 5.92 Å². The van der Waals surface area contributed by atoms with E-state index in [4.69, 9.17) is 11.6 Å². The van der Waals surface area contributed by atoms with Gasteiger partial charge in [0.2, 0.25) is 5.91 Å². The lowest BCUT2D eigenvalue weighted by Crippen LogP contribution is -2.30. The number of nitrogens with one attached hydrogen (secondary N) is 1. The monoisotopic (exact) mass is 355 g/mol. The smallest absolute Gasteiger partial charge is 0.224 e. The zero-order valence-electron chi connectivity index (χ0n) is 11.0. The highest BCUT2D eigenvalue weighted by atomic mass is 79.9. The van der Waals surface area contributed by atoms with Crippen molar-refractivity contribution in [1.82, 2.24) is 14.9 Å². The number of rotatable bonds is 5. The molecule has 0 radical (unpaired) electrons. The maximum atomic E-state index is 12.0. The second-order valence-electron chi connectivity index (χ2n) is 4.66. The van der Waals surface area contributed by atoms with Crippen molar-refractivity contribution in [2.24, 2.45) is 5.92 Å². The second kappa shape index (κ2) is 6.90. The fourth-order valence-electron chi connectivity index (χ4n) is 1.87. The van der Waals surface area contributed by atoms with E-state index in [1.807, 2.05) is 35.9 Å². The van der Waals surface area contributed by atoms with E-state index in [9.17, 15) is 4.79 Å². The quantitative estimate of drug-likeness (QED) is 0.894. The topological polar surface area (TPSA) is 46.9 Å². The first kappa shape index (κ1) is 15.1. The first-order valence-corrected chi connectivity index (χ1v) is 7.40. The molecule has 106 valence electrons. The van der Waals surface area contributed by atoms with Crippen LogP contribution in [-0.4, -0.2) is 15.5 Å². The van der Waals surface area contributed by atoms with Gasteiger partial charge in [-0.05, 0) is 23.8 Å². The van der Waals surface area contributed by atoms with Gasteiger partial charge in [0.25, 0.3) is 0 Å². The Morgan fingerprint density at radius 3 is 2.95 bits per heavy atom. The third kappa shape index (κ3) is 4.35. The third-order valence-electron chi connectivity index (χ3n) is 2.88. The first-order chi connectivity index (χ1) is 9.54. The highest BCUT2D eigenvalue weighted by Gasteiger charge is 2.13. The van der Waals surface area contributed by atoms with Crippen molar-refractivity contribution >= 4 is 33.4 Å². The molecule has 0 fully saturated rings. The third-order valence-corrected chi connectivity index (χ3v) is 3.56. The summed E-state index contributed by atoms with van der Waals surface area (Å²) in [5.74, 6) is -0.110. The van der Waals surface area contributed by atoms with E-state index in [-0.39, 0.29) is 11.8 Å². The molecule has 0 aliphatic carbocycles. The van der Waals surface area contributed by atoms with Crippen molar-refractivity contribution < 1.29 is 4.79 Å². The maximum absolute atomic E-state index is 12.0. The van der Waals surface area contributed by atoms with Crippen LogP contribution in [0.3, 0.4) is 0 Å². The van der Waals surface area contributed by atoms with Crippen LogP contribution >= 0.6 is 27.5 Å². The molecule has 1 aromatic carbocycles. The maximum Gasteiger partial charge on any atom is 0.224 e. The summed E-state index contributed by atoms with van der Waals surface area (Å²) in [6.07, 6.45) is 5.25. The lowest BCUT2D eigenvalue weighted by atomic mass is 10.1. The predicted molar refractivity (Wildman–Crippen MR) is 82.4 cm³/mol. The van der Waals surface area contributed by atoms with Crippen molar-refractivity contribution in [2.45, 2.75) is 20.0 Å². The van der Waals surface area contributed by atoms with E-state index in [1.165, 1.54) is 0 Å². The molecule has 0 bridgehead atoms. The van der Waals surface area contributed by atoms with E-state index in [2.05, 4.69) is 26.2 Å². The Morgan fingerprint density at radius 1 is 1.50 bits per heavy atom. The van der Waals surface area contributed by atoms with Gasteiger partial charge < -0.3 is 9.88 Å². The minimum absolute atomic E-state index is 0.00907. The molecule has 0 aliphatic heterocycles. The predicted octanol–water partition coefficient (Wildman–Crippen LogP) is 3.25. The van der Waals surface area contributed by atoms with E-state index in [1.54, 1.807) is 12.5 Å². The van der Waals surface area contributed by atoms with Gasteiger partial charge in [0, 0.05) is 35.0 Å². The van der Waals surface area contributed by atoms with Gasteiger partial charge >= 0.3 is 0 Å². The molecule has 0 saturated heterocycles. The molecule has 4 nitrogen and oxygen atoms in total. The van der Waals surface area contributed by atoms with Crippen molar-refractivity contribution in [1.29, 1.82) is 0 Å². The lowest BCUT2D eigenvalue weighted by molar-refractivity contribution is -0.125. The van der Waals surface area contributed by atoms with Crippen LogP contribution < -0.4 is 5.32 Å². The fraction of sp³-hybridized carbons (Fsp3) is 0.286. The van der Waals surface area contributed by atoms with Crippen LogP contribution in [0.25, 0.3) is 0 Å². The number of aromatic nitrogens is 2. The van der Waals surface area contributed by atoms with E-state index >= 15 is 0 Å². The zero-order chi connectivity index (χ0) is 14.5. The first-order valence-electron chi connectivity index (χ1n) is 6.23. The number of carbonyl (C=O) groups is 1. The van der Waals surface area contributed by atoms with Crippen molar-refractivity contribution in [3.63, 3.8) is 0 Å². The van der Waals surface area contributed by atoms with Crippen molar-refractivity contribution in [3.05, 3.63) is 52.0 Å². The summed E-state index contributed by atoms with van der Waals surface area (Å²) in [4.78, 5) is 16.0. The number of carbonyl (C=O) groups excluding carboxylic acids is 1. The van der Waals surface area contributed by atoms with Gasteiger partial charge in [-0.3, -0.25) is 4.79 Å². The minimum Gasteiger partial charge on any atom is -0.352 e. The molecule has 6 heteroatoms. The van der Waals surface area contributed by atoms with Crippen LogP contribution in [0.15, 0.2) is 41.4 Å². The Bertz CT molecular complexity index is 566. The van der Waals surface area contributed by atoms with Gasteiger partial charge in [0.1, 0.15) is 0 Å². The summed E-state index contributed by atoms with van der Waals surface area (Å²) >= 11 is 9.35. The molecule has 2 rings (SSSR count). The Morgan fingerprint density at radius 2 is 2.30 bits per heavy atom. The SMILES string of the molecule is CC(Cn1ccnc1)C(=O)NCc1cc(Cl)cc(Br)c1. The highest BCUT2D eigenvalue weighted by Crippen LogP contribution is 2.19. The van der Waals surface area contributed by atoms with E-state index in [0.717, 1.165) is 10.0 Å². The lowest BCUT2D eigenvalue weighted by Gasteiger charge is -2.13. The van der Waals surface area contributed by atoms with Gasteiger partial charge in [0.05, 0.1) is 12.2 Å². The van der Waals surface area contributed by atoms with Gasteiger partial charge in [-0.2, -0.15) is 0 Å². The Balaban J connectivity index is 1.88. The van der Waals surface area contributed by atoms with Crippen LogP contribution in [-0.2, 0) is 17.9 Å². The average molecular weight is 357 g/mol. The summed E-state index contributed by atoms with van der Waals surface area (Å²) in [6, 6.07) is 5.59. The van der Waals surface area contributed by atoms with Crippen LogP contribution in [0.2, 0.25) is 5.02 Å². The summed E-state index contributed by atoms with van der Waals surface area (Å²) < 4.78 is 2.79. The highest BCUT2D eigenvalue weighted by molar-refractivity contribution is 9.10. The standard InChI is InChI=1S/C14H15BrClN3O/c1-10(8-19-3-2-17-9-19)14(20)18-7-11-4-12(15)6-13(16)5-11/h2-6,9-10H,7-8H2,1H3,(H,18,20). The molecule has 0 saturated carbocycles. The molecule has 1 heterocycles. The van der Waals surface area contributed by atoms with Gasteiger partial charge in [-0.15, -0.1) is 0 Å². The van der Waals surface area contributed by atoms with E-state index in [0.29, 0.717) is 18.1 Å². The Kier molecular flexibility index (Phi) is 5.20. The minimum atomic E-state index is -0.119. The molecule has 0 aliphatic rings. The number of hydrogen-bond acceptors (Lipinski definition) is 2. The molecular formula is C14H15BrClN3O. The normalized spacial score (nSPS) is 12.2. The van der Waals surface area contributed by atoms with Crippen LogP contribution in [0.1, 0.15) is 12.5 Å². The summed E-state index contributed by atoms with van der Waals surface area (Å²) in [5.41, 5.74) is 0.965. The van der Waals surface area contributed by atoms with Crippen molar-refractivity contribution in [3.8, 4) is 0 Å². The Labute approximate surface area is 131 Å². The largest absolute Gasteiger partial charge is 0.352 e. The van der Waals surface area contributed by atoms with E-state index < -0.39 is 0 Å². The summed E-state index contributed by atoms with van der Waals surface area (Å²) in [7, 11) is 0. The molecule has 1 N–H and O–H groups in total. The summed E-state index contributed by atoms with van der Waals surface area (Å²) in [6.45, 7) is 2.97. The number of hydrogen-bond donors (Lipinski definition) is 1. The average Bonchev–Trinajstić information content (AvgIpc) is 2.87. The van der Waals surface area contributed by atoms with Gasteiger partial charge in [-0.1, -0.05) is 34.5 Å². The molecule has 2 aromatic rings. The number of benzene rings is 1. The molecule has 0 spiro atoms. The van der Waals surface area contributed by atoms with Gasteiger partial charge in [-0.25, -0.2) is 4.98 Å².